The summed E-state index contributed by atoms with van der Waals surface area (Å²) in [4.78, 5) is 4.69. The molecule has 0 aliphatic heterocycles. The van der Waals surface area contributed by atoms with Crippen molar-refractivity contribution in [1.29, 1.82) is 0 Å². The molecule has 4 aromatic rings. The summed E-state index contributed by atoms with van der Waals surface area (Å²) < 4.78 is 9.44. The van der Waals surface area contributed by atoms with Crippen LogP contribution in [0.3, 0.4) is 0 Å². The number of rotatable bonds is 14. The standard InChI is InChI=1S/C22H32N2O2.C8H9.C7H7.4C2H6.Tl/c1-15-9-17(3)21(25)19(11-15)13-23(5)7-8-24(6)14-20-12-16(2)10-18(4)22(20)26;1-2-8-6-4-3-5-7-8;1-7-5-3-2-4-6-7;4*1-2;/h9-12,25-26H,7-8,13-14H2,1-6H3;3-7H,1-2H2;2-6H,1H2;4*1-2H3;/q;;;;;;;+1/p-1. The molecule has 0 aliphatic rings. The number of nitrogens with zero attached hydrogens (tertiary/aromatic N) is 2. The molecule has 1 N–H and O–H groups in total. The molecule has 4 rings (SSSR count). The summed E-state index contributed by atoms with van der Waals surface area (Å²) in [5, 5.41) is 10.5. The number of phenolic OH excluding ortho intramolecular Hbond substituents is 1. The fourth-order valence-electron chi connectivity index (χ4n) is 5.80. The van der Waals surface area contributed by atoms with E-state index in [1.807, 2.05) is 68.4 Å². The molecule has 50 heavy (non-hydrogen) atoms. The Kier molecular flexibility index (Phi) is 26.5. The molecule has 5 heteroatoms. The van der Waals surface area contributed by atoms with Gasteiger partial charge >= 0.3 is 244 Å². The number of hydrogen-bond acceptors (Lipinski definition) is 4. The molecule has 0 radical (unpaired) electrons. The van der Waals surface area contributed by atoms with Crippen LogP contribution in [-0.4, -0.2) is 65.2 Å². The van der Waals surface area contributed by atoms with Crippen molar-refractivity contribution in [3.05, 3.63) is 129 Å². The molecule has 0 bridgehead atoms. The molecule has 0 fully saturated rings. The fraction of sp³-hybridized carbons (Fsp3) is 0.467. The van der Waals surface area contributed by atoms with Crippen LogP contribution in [0.15, 0.2) is 84.9 Å². The third kappa shape index (κ3) is 17.5. The van der Waals surface area contributed by atoms with Gasteiger partial charge in [0.15, 0.2) is 0 Å². The number of aromatic hydroxyl groups is 1. The fourth-order valence-corrected chi connectivity index (χ4v) is 15.6. The van der Waals surface area contributed by atoms with Crippen molar-refractivity contribution < 1.29 is 7.79 Å². The number of benzene rings is 4. The molecular formula is C45H71N2O2Tl. The molecule has 0 aliphatic carbocycles. The molecule has 0 saturated heterocycles. The number of phenols is 1. The average molecular weight is 876 g/mol. The van der Waals surface area contributed by atoms with Gasteiger partial charge in [-0.3, -0.25) is 0 Å². The molecule has 0 heterocycles. The van der Waals surface area contributed by atoms with E-state index in [0.717, 1.165) is 53.5 Å². The second kappa shape index (κ2) is 28.0. The van der Waals surface area contributed by atoms with Crippen molar-refractivity contribution in [3.63, 3.8) is 0 Å². The van der Waals surface area contributed by atoms with Crippen molar-refractivity contribution >= 4 is 23.2 Å². The Morgan fingerprint density at radius 1 is 0.580 bits per heavy atom. The quantitative estimate of drug-likeness (QED) is 0.128. The van der Waals surface area contributed by atoms with Crippen LogP contribution < -0.4 is 2.69 Å². The van der Waals surface area contributed by atoms with Gasteiger partial charge in [0, 0.05) is 0 Å². The van der Waals surface area contributed by atoms with Crippen LogP contribution in [0.25, 0.3) is 0 Å². The number of aryl methyl sites for hydroxylation is 5. The summed E-state index contributed by atoms with van der Waals surface area (Å²) in [6.07, 6.45) is 1.09. The normalized spacial score (nSPS) is 10.0. The minimum atomic E-state index is -2.62. The van der Waals surface area contributed by atoms with Gasteiger partial charge in [-0.25, -0.2) is 0 Å². The molecule has 4 aromatic carbocycles. The van der Waals surface area contributed by atoms with Crippen molar-refractivity contribution in [2.45, 2.75) is 111 Å². The van der Waals surface area contributed by atoms with Crippen LogP contribution in [0.1, 0.15) is 99.9 Å². The van der Waals surface area contributed by atoms with E-state index < -0.39 is 23.2 Å². The second-order valence-corrected chi connectivity index (χ2v) is 21.7. The van der Waals surface area contributed by atoms with Crippen molar-refractivity contribution in [3.8, 4) is 11.5 Å². The summed E-state index contributed by atoms with van der Waals surface area (Å²) >= 11 is -2.62. The van der Waals surface area contributed by atoms with Gasteiger partial charge in [0.05, 0.1) is 0 Å². The topological polar surface area (TPSA) is 35.9 Å². The first-order chi connectivity index (χ1) is 24.2. The van der Waals surface area contributed by atoms with Gasteiger partial charge in [0.1, 0.15) is 0 Å². The van der Waals surface area contributed by atoms with E-state index in [0.29, 0.717) is 5.75 Å². The van der Waals surface area contributed by atoms with Crippen LogP contribution in [0.2, 0.25) is 3.98 Å². The predicted octanol–water partition coefficient (Wildman–Crippen LogP) is 11.7. The van der Waals surface area contributed by atoms with Gasteiger partial charge in [-0.2, -0.15) is 0 Å². The minimum absolute atomic E-state index is 0.418. The van der Waals surface area contributed by atoms with Gasteiger partial charge in [-0.05, 0) is 13.8 Å². The van der Waals surface area contributed by atoms with Gasteiger partial charge < -0.3 is 0 Å². The van der Waals surface area contributed by atoms with Crippen LogP contribution in [0.4, 0.5) is 0 Å². The Morgan fingerprint density at radius 2 is 1.02 bits per heavy atom. The Balaban J connectivity index is 0.00000280. The molecule has 4 nitrogen and oxygen atoms in total. The maximum absolute atomic E-state index is 10.5. The van der Waals surface area contributed by atoms with E-state index in [1.165, 1.54) is 37.4 Å². The third-order valence-corrected chi connectivity index (χ3v) is 17.4. The molecule has 0 saturated carbocycles. The summed E-state index contributed by atoms with van der Waals surface area (Å²) in [6, 6.07) is 30.5. The SMILES string of the molecule is CC.CC.CC.CC.Cc1cc(C)c(O)c(CN(C)CCN(C)Cc2cc(C)cc(C)c2[O][Tl]([CH2]Cc2ccccc2)[CH2]c2ccccc2)c1. The predicted molar refractivity (Wildman–Crippen MR) is 223 cm³/mol. The van der Waals surface area contributed by atoms with Gasteiger partial charge in [0.25, 0.3) is 0 Å². The van der Waals surface area contributed by atoms with E-state index in [9.17, 15) is 5.11 Å². The Labute approximate surface area is 317 Å². The van der Waals surface area contributed by atoms with Crippen molar-refractivity contribution in [2.24, 2.45) is 0 Å². The summed E-state index contributed by atoms with van der Waals surface area (Å²) in [5.41, 5.74) is 9.75. The molecule has 0 amide bonds. The van der Waals surface area contributed by atoms with Gasteiger partial charge in [-0.15, -0.1) is 0 Å². The average Bonchev–Trinajstić information content (AvgIpc) is 3.14. The monoisotopic (exact) mass is 877 g/mol. The Hall–Kier alpha value is -2.68. The molecule has 0 unspecified atom stereocenters. The number of likely N-dealkylation sites (N-methyl/N-ethyl adjacent to an activating group) is 2. The summed E-state index contributed by atoms with van der Waals surface area (Å²) in [6.45, 7) is 27.9. The van der Waals surface area contributed by atoms with Crippen LogP contribution in [0, 0.1) is 27.7 Å². The molecule has 0 spiro atoms. The van der Waals surface area contributed by atoms with E-state index in [2.05, 4.69) is 124 Å². The first-order valence-electron chi connectivity index (χ1n) is 19.2. The zero-order valence-electron chi connectivity index (χ0n) is 34.4. The van der Waals surface area contributed by atoms with Crippen LogP contribution in [-0.2, 0) is 23.5 Å². The second-order valence-electron chi connectivity index (χ2n) is 12.1. The number of hydrogen-bond donors (Lipinski definition) is 1. The summed E-state index contributed by atoms with van der Waals surface area (Å²) in [7, 11) is 4.33. The van der Waals surface area contributed by atoms with Crippen LogP contribution in [0.5, 0.6) is 11.5 Å². The van der Waals surface area contributed by atoms with E-state index in [-0.39, 0.29) is 0 Å². The molecule has 0 aromatic heterocycles. The molecule has 0 atom stereocenters. The van der Waals surface area contributed by atoms with Gasteiger partial charge in [0.2, 0.25) is 0 Å². The van der Waals surface area contributed by atoms with E-state index in [4.69, 9.17) is 2.69 Å². The van der Waals surface area contributed by atoms with Gasteiger partial charge in [-0.1, -0.05) is 61.5 Å². The maximum atomic E-state index is 10.5. The Morgan fingerprint density at radius 3 is 1.54 bits per heavy atom. The van der Waals surface area contributed by atoms with Crippen molar-refractivity contribution in [2.75, 3.05) is 27.2 Å². The van der Waals surface area contributed by atoms with E-state index in [1.54, 1.807) is 0 Å². The molecular weight excluding hydrogens is 805 g/mol. The molecule has 276 valence electrons. The van der Waals surface area contributed by atoms with Crippen LogP contribution >= 0.6 is 0 Å². The third-order valence-electron chi connectivity index (χ3n) is 7.95. The van der Waals surface area contributed by atoms with Crippen molar-refractivity contribution in [1.82, 2.24) is 9.80 Å². The zero-order valence-corrected chi connectivity index (χ0v) is 38.8. The zero-order chi connectivity index (χ0) is 38.1. The Bertz CT molecular complexity index is 1430. The van der Waals surface area contributed by atoms with E-state index >= 15 is 0 Å². The summed E-state index contributed by atoms with van der Waals surface area (Å²) in [5.74, 6) is 1.54. The first-order valence-corrected chi connectivity index (χ1v) is 27.4. The first kappa shape index (κ1) is 47.3.